The van der Waals surface area contributed by atoms with Gasteiger partial charge in [0.05, 0.1) is 23.3 Å². The first kappa shape index (κ1) is 28.0. The van der Waals surface area contributed by atoms with Gasteiger partial charge in [-0.05, 0) is 68.9 Å². The summed E-state index contributed by atoms with van der Waals surface area (Å²) in [7, 11) is -3.85. The fourth-order valence-corrected chi connectivity index (χ4v) is 5.68. The summed E-state index contributed by atoms with van der Waals surface area (Å²) in [5.41, 5.74) is 2.08. The second kappa shape index (κ2) is 12.6. The van der Waals surface area contributed by atoms with E-state index in [-0.39, 0.29) is 53.5 Å². The van der Waals surface area contributed by atoms with Crippen molar-refractivity contribution < 1.29 is 27.8 Å². The molecule has 2 aromatic carbocycles. The van der Waals surface area contributed by atoms with Crippen LogP contribution in [0.2, 0.25) is 0 Å². The van der Waals surface area contributed by atoms with Crippen molar-refractivity contribution in [1.82, 2.24) is 5.32 Å². The van der Waals surface area contributed by atoms with E-state index in [1.54, 1.807) is 36.4 Å². The zero-order valence-corrected chi connectivity index (χ0v) is 22.4. The molecule has 36 heavy (non-hydrogen) atoms. The predicted molar refractivity (Wildman–Crippen MR) is 140 cm³/mol. The van der Waals surface area contributed by atoms with Crippen LogP contribution in [0.25, 0.3) is 0 Å². The van der Waals surface area contributed by atoms with Gasteiger partial charge in [-0.2, -0.15) is 0 Å². The van der Waals surface area contributed by atoms with Crippen LogP contribution in [-0.2, 0) is 30.7 Å². The Hall–Kier alpha value is -2.62. The first-order valence-corrected chi connectivity index (χ1v) is 13.9. The van der Waals surface area contributed by atoms with Crippen molar-refractivity contribution in [2.24, 2.45) is 5.92 Å². The summed E-state index contributed by atoms with van der Waals surface area (Å²) in [6.07, 6.45) is 2.07. The summed E-state index contributed by atoms with van der Waals surface area (Å²) < 4.78 is 38.9. The summed E-state index contributed by atoms with van der Waals surface area (Å²) >= 11 is 0. The Kier molecular flexibility index (Phi) is 9.76. The topological polar surface area (TPSA) is 105 Å². The third kappa shape index (κ3) is 7.69. The average Bonchev–Trinajstić information content (AvgIpc) is 3.34. The van der Waals surface area contributed by atoms with E-state index in [1.165, 1.54) is 4.31 Å². The molecule has 0 bridgehead atoms. The van der Waals surface area contributed by atoms with Crippen molar-refractivity contribution in [2.45, 2.75) is 64.0 Å². The number of sulfonamides is 1. The van der Waals surface area contributed by atoms with Crippen LogP contribution in [0.3, 0.4) is 0 Å². The van der Waals surface area contributed by atoms with Gasteiger partial charge in [-0.3, -0.25) is 9.10 Å². The predicted octanol–water partition coefficient (Wildman–Crippen LogP) is 3.79. The molecule has 8 nitrogen and oxygen atoms in total. The Morgan fingerprint density at radius 3 is 2.53 bits per heavy atom. The summed E-state index contributed by atoms with van der Waals surface area (Å²) in [4.78, 5) is 12.3. The van der Waals surface area contributed by atoms with Crippen LogP contribution in [0.5, 0.6) is 5.75 Å². The molecule has 1 aliphatic rings. The number of phenolic OH excluding ortho intramolecular Hbond substituents is 1. The van der Waals surface area contributed by atoms with Crippen LogP contribution in [0.4, 0.5) is 5.69 Å². The molecule has 1 aliphatic heterocycles. The highest BCUT2D eigenvalue weighted by Gasteiger charge is 2.28. The molecular formula is C27H38N2O6S. The van der Waals surface area contributed by atoms with Crippen LogP contribution < -0.4 is 9.62 Å². The number of benzene rings is 2. The number of carbonyl (C=O) groups excluding carboxylic acids is 1. The zero-order chi connectivity index (χ0) is 26.3. The lowest BCUT2D eigenvalue weighted by molar-refractivity contribution is -0.128. The second-order valence-corrected chi connectivity index (χ2v) is 11.7. The number of hydrogen-bond acceptors (Lipinski definition) is 6. The fourth-order valence-electron chi connectivity index (χ4n) is 4.04. The Morgan fingerprint density at radius 1 is 1.19 bits per heavy atom. The molecule has 1 unspecified atom stereocenters. The minimum Gasteiger partial charge on any atom is -0.506 e. The number of hydrogen-bond donors (Lipinski definition) is 2. The molecule has 9 heteroatoms. The number of aromatic hydroxyl groups is 1. The van der Waals surface area contributed by atoms with E-state index in [0.717, 1.165) is 17.5 Å². The Bertz CT molecular complexity index is 1110. The third-order valence-electron chi connectivity index (χ3n) is 6.06. The summed E-state index contributed by atoms with van der Waals surface area (Å²) in [6.45, 7) is 9.14. The Labute approximate surface area is 214 Å². The maximum absolute atomic E-state index is 13.4. The van der Waals surface area contributed by atoms with Gasteiger partial charge in [0.25, 0.3) is 10.0 Å². The molecule has 1 fully saturated rings. The van der Waals surface area contributed by atoms with E-state index in [0.29, 0.717) is 26.1 Å². The van der Waals surface area contributed by atoms with Crippen LogP contribution in [0.1, 0.15) is 44.7 Å². The standard InChI is InChI=1S/C27H38N2O6S/c1-19(2)16-29(36(32,33)24-10-5-20(3)6-11-24)25-12-9-22(15-26(25)30)8-7-21(4)28-27(31)18-35-23-13-14-34-17-23/h5-6,9-12,15,19,21,23,30H,7-8,13-14,16-18H2,1-4H3,(H,28,31)/t21-,23?/m0/s1. The highest BCUT2D eigenvalue weighted by Crippen LogP contribution is 2.33. The van der Waals surface area contributed by atoms with Crippen LogP contribution in [-0.4, -0.2) is 57.9 Å². The molecule has 2 atom stereocenters. The normalized spacial score (nSPS) is 16.8. The van der Waals surface area contributed by atoms with E-state index in [4.69, 9.17) is 9.47 Å². The minimum absolute atomic E-state index is 0.00892. The van der Waals surface area contributed by atoms with Crippen LogP contribution in [0, 0.1) is 12.8 Å². The maximum atomic E-state index is 13.4. The van der Waals surface area contributed by atoms with Gasteiger partial charge in [-0.1, -0.05) is 37.6 Å². The van der Waals surface area contributed by atoms with Gasteiger partial charge < -0.3 is 19.9 Å². The molecule has 2 aromatic rings. The highest BCUT2D eigenvalue weighted by molar-refractivity contribution is 7.92. The highest BCUT2D eigenvalue weighted by atomic mass is 32.2. The van der Waals surface area contributed by atoms with Crippen molar-refractivity contribution in [3.63, 3.8) is 0 Å². The summed E-state index contributed by atoms with van der Waals surface area (Å²) in [5.74, 6) is -0.204. The number of aryl methyl sites for hydroxylation is 2. The Balaban J connectivity index is 1.64. The SMILES string of the molecule is Cc1ccc(S(=O)(=O)N(CC(C)C)c2ccc(CC[C@H](C)NC(=O)COC3CCOC3)cc2O)cc1. The molecule has 0 aromatic heterocycles. The number of rotatable bonds is 12. The molecule has 1 heterocycles. The number of ether oxygens (including phenoxy) is 2. The van der Waals surface area contributed by atoms with Crippen molar-refractivity contribution in [3.05, 3.63) is 53.6 Å². The van der Waals surface area contributed by atoms with E-state index in [1.807, 2.05) is 33.8 Å². The zero-order valence-electron chi connectivity index (χ0n) is 21.6. The van der Waals surface area contributed by atoms with Crippen molar-refractivity contribution >= 4 is 21.6 Å². The second-order valence-electron chi connectivity index (χ2n) is 9.87. The smallest absolute Gasteiger partial charge is 0.264 e. The number of carbonyl (C=O) groups is 1. The van der Waals surface area contributed by atoms with Crippen molar-refractivity contribution in [2.75, 3.05) is 30.7 Å². The number of amides is 1. The van der Waals surface area contributed by atoms with Gasteiger partial charge in [-0.15, -0.1) is 0 Å². The van der Waals surface area contributed by atoms with Gasteiger partial charge in [0.15, 0.2) is 0 Å². The molecule has 1 saturated heterocycles. The lowest BCUT2D eigenvalue weighted by atomic mass is 10.0. The molecule has 198 valence electrons. The quantitative estimate of drug-likeness (QED) is 0.443. The van der Waals surface area contributed by atoms with Gasteiger partial charge in [0.2, 0.25) is 5.91 Å². The molecular weight excluding hydrogens is 480 g/mol. The number of phenols is 1. The average molecular weight is 519 g/mol. The molecule has 3 rings (SSSR count). The monoisotopic (exact) mass is 518 g/mol. The molecule has 0 aliphatic carbocycles. The lowest BCUT2D eigenvalue weighted by Crippen LogP contribution is -2.36. The third-order valence-corrected chi connectivity index (χ3v) is 7.85. The van der Waals surface area contributed by atoms with E-state index < -0.39 is 10.0 Å². The maximum Gasteiger partial charge on any atom is 0.264 e. The van der Waals surface area contributed by atoms with E-state index >= 15 is 0 Å². The molecule has 1 amide bonds. The van der Waals surface area contributed by atoms with Crippen molar-refractivity contribution in [3.8, 4) is 5.75 Å². The van der Waals surface area contributed by atoms with Crippen LogP contribution in [0.15, 0.2) is 47.4 Å². The summed E-state index contributed by atoms with van der Waals surface area (Å²) in [5, 5.41) is 13.7. The number of anilines is 1. The van der Waals surface area contributed by atoms with Gasteiger partial charge >= 0.3 is 0 Å². The van der Waals surface area contributed by atoms with Crippen molar-refractivity contribution in [1.29, 1.82) is 0 Å². The first-order chi connectivity index (χ1) is 17.1. The largest absolute Gasteiger partial charge is 0.506 e. The molecule has 2 N–H and O–H groups in total. The van der Waals surface area contributed by atoms with Crippen LogP contribution >= 0.6 is 0 Å². The summed E-state index contributed by atoms with van der Waals surface area (Å²) in [6, 6.07) is 11.7. The van der Waals surface area contributed by atoms with Gasteiger partial charge in [0, 0.05) is 19.2 Å². The Morgan fingerprint density at radius 2 is 1.92 bits per heavy atom. The molecule has 0 saturated carbocycles. The van der Waals surface area contributed by atoms with Gasteiger partial charge in [0.1, 0.15) is 12.4 Å². The minimum atomic E-state index is -3.85. The lowest BCUT2D eigenvalue weighted by Gasteiger charge is -2.27. The van der Waals surface area contributed by atoms with Gasteiger partial charge in [-0.25, -0.2) is 8.42 Å². The molecule has 0 spiro atoms. The first-order valence-electron chi connectivity index (χ1n) is 12.5. The fraction of sp³-hybridized carbons (Fsp3) is 0.519. The molecule has 0 radical (unpaired) electrons. The van der Waals surface area contributed by atoms with E-state index in [2.05, 4.69) is 5.32 Å². The number of nitrogens with zero attached hydrogens (tertiary/aromatic N) is 1. The van der Waals surface area contributed by atoms with E-state index in [9.17, 15) is 18.3 Å². The number of nitrogens with one attached hydrogen (secondary N) is 1.